The van der Waals surface area contributed by atoms with Crippen molar-refractivity contribution in [3.8, 4) is 17.2 Å². The van der Waals surface area contributed by atoms with Gasteiger partial charge in [0.05, 0.1) is 12.1 Å². The van der Waals surface area contributed by atoms with Gasteiger partial charge < -0.3 is 15.2 Å². The molecule has 2 N–H and O–H groups in total. The van der Waals surface area contributed by atoms with Crippen LogP contribution in [-0.4, -0.2) is 7.11 Å². The quantitative estimate of drug-likeness (QED) is 0.904. The molecule has 0 amide bonds. The molecule has 0 radical (unpaired) electrons. The molecule has 0 fully saturated rings. The molecule has 2 rings (SSSR count). The minimum Gasteiger partial charge on any atom is -0.493 e. The van der Waals surface area contributed by atoms with Gasteiger partial charge in [-0.3, -0.25) is 0 Å². The van der Waals surface area contributed by atoms with Gasteiger partial charge in [-0.1, -0.05) is 23.7 Å². The van der Waals surface area contributed by atoms with E-state index in [-0.39, 0.29) is 6.04 Å². The highest BCUT2D eigenvalue weighted by Crippen LogP contribution is 2.36. The van der Waals surface area contributed by atoms with Crippen LogP contribution >= 0.6 is 11.6 Å². The van der Waals surface area contributed by atoms with Crippen LogP contribution in [0.1, 0.15) is 24.1 Å². The van der Waals surface area contributed by atoms with Crippen molar-refractivity contribution in [2.24, 2.45) is 5.73 Å². The molecule has 0 aliphatic heterocycles. The molecule has 2 aromatic rings. The molecule has 2 aromatic carbocycles. The number of methoxy groups -OCH3 is 1. The summed E-state index contributed by atoms with van der Waals surface area (Å²) in [5, 5.41) is 0.530. The topological polar surface area (TPSA) is 44.5 Å². The van der Waals surface area contributed by atoms with Crippen LogP contribution in [0.4, 0.5) is 0 Å². The first-order chi connectivity index (χ1) is 9.51. The number of ether oxygens (including phenoxy) is 2. The van der Waals surface area contributed by atoms with E-state index < -0.39 is 0 Å². The van der Waals surface area contributed by atoms with Gasteiger partial charge in [0.1, 0.15) is 5.75 Å². The smallest absolute Gasteiger partial charge is 0.169 e. The fourth-order valence-electron chi connectivity index (χ4n) is 1.86. The van der Waals surface area contributed by atoms with Crippen LogP contribution < -0.4 is 15.2 Å². The molecule has 3 nitrogen and oxygen atoms in total. The molecule has 0 aliphatic carbocycles. The predicted octanol–water partition coefficient (Wildman–Crippen LogP) is 4.47. The van der Waals surface area contributed by atoms with Crippen molar-refractivity contribution in [1.82, 2.24) is 0 Å². The monoisotopic (exact) mass is 291 g/mol. The molecular weight excluding hydrogens is 274 g/mol. The van der Waals surface area contributed by atoms with Gasteiger partial charge in [0, 0.05) is 6.04 Å². The number of hydrogen-bond acceptors (Lipinski definition) is 3. The molecule has 0 saturated heterocycles. The zero-order valence-electron chi connectivity index (χ0n) is 11.8. The Bertz CT molecular complexity index is 611. The van der Waals surface area contributed by atoms with E-state index in [1.807, 2.05) is 50.2 Å². The number of aryl methyl sites for hydroxylation is 1. The van der Waals surface area contributed by atoms with E-state index in [4.69, 9.17) is 26.8 Å². The number of hydrogen-bond donors (Lipinski definition) is 1. The third-order valence-electron chi connectivity index (χ3n) is 3.02. The molecule has 0 heterocycles. The van der Waals surface area contributed by atoms with Crippen LogP contribution in [0.15, 0.2) is 36.4 Å². The number of halogens is 1. The first kappa shape index (κ1) is 14.7. The molecule has 0 saturated carbocycles. The van der Waals surface area contributed by atoms with Crippen LogP contribution in [0.25, 0.3) is 0 Å². The van der Waals surface area contributed by atoms with E-state index in [1.165, 1.54) is 0 Å². The van der Waals surface area contributed by atoms with E-state index in [2.05, 4.69) is 0 Å². The second-order valence-corrected chi connectivity index (χ2v) is 5.14. The van der Waals surface area contributed by atoms with Gasteiger partial charge in [0.2, 0.25) is 0 Å². The largest absolute Gasteiger partial charge is 0.493 e. The predicted molar refractivity (Wildman–Crippen MR) is 81.9 cm³/mol. The molecule has 20 heavy (non-hydrogen) atoms. The summed E-state index contributed by atoms with van der Waals surface area (Å²) in [6.45, 7) is 3.91. The van der Waals surface area contributed by atoms with E-state index in [9.17, 15) is 0 Å². The zero-order chi connectivity index (χ0) is 14.7. The Morgan fingerprint density at radius 1 is 1.05 bits per heavy atom. The molecule has 0 aromatic heterocycles. The fourth-order valence-corrected chi connectivity index (χ4v) is 2.09. The van der Waals surface area contributed by atoms with Gasteiger partial charge in [0.25, 0.3) is 0 Å². The third-order valence-corrected chi connectivity index (χ3v) is 3.32. The SMILES string of the molecule is COc1cc(C)ccc1Oc1ccc(C(C)N)cc1Cl. The van der Waals surface area contributed by atoms with Crippen molar-refractivity contribution in [3.63, 3.8) is 0 Å². The highest BCUT2D eigenvalue weighted by Gasteiger charge is 2.10. The first-order valence-electron chi connectivity index (χ1n) is 6.39. The maximum Gasteiger partial charge on any atom is 0.169 e. The summed E-state index contributed by atoms with van der Waals surface area (Å²) in [7, 11) is 1.61. The average molecular weight is 292 g/mol. The van der Waals surface area contributed by atoms with E-state index in [0.29, 0.717) is 22.3 Å². The van der Waals surface area contributed by atoms with Gasteiger partial charge in [0.15, 0.2) is 11.5 Å². The molecule has 106 valence electrons. The van der Waals surface area contributed by atoms with Gasteiger partial charge in [-0.2, -0.15) is 0 Å². The summed E-state index contributed by atoms with van der Waals surface area (Å²) in [4.78, 5) is 0. The van der Waals surface area contributed by atoms with Gasteiger partial charge >= 0.3 is 0 Å². The Hall–Kier alpha value is -1.71. The first-order valence-corrected chi connectivity index (χ1v) is 6.76. The maximum atomic E-state index is 6.23. The van der Waals surface area contributed by atoms with Gasteiger partial charge in [-0.15, -0.1) is 0 Å². The highest BCUT2D eigenvalue weighted by atomic mass is 35.5. The normalized spacial score (nSPS) is 12.1. The van der Waals surface area contributed by atoms with Crippen molar-refractivity contribution in [1.29, 1.82) is 0 Å². The number of benzene rings is 2. The molecule has 4 heteroatoms. The van der Waals surface area contributed by atoms with Crippen molar-refractivity contribution in [2.75, 3.05) is 7.11 Å². The average Bonchev–Trinajstić information content (AvgIpc) is 2.42. The van der Waals surface area contributed by atoms with E-state index in [1.54, 1.807) is 7.11 Å². The molecular formula is C16H18ClNO2. The van der Waals surface area contributed by atoms with Gasteiger partial charge in [-0.25, -0.2) is 0 Å². The molecule has 1 unspecified atom stereocenters. The molecule has 1 atom stereocenters. The second kappa shape index (κ2) is 6.16. The number of nitrogens with two attached hydrogens (primary N) is 1. The van der Waals surface area contributed by atoms with Crippen molar-refractivity contribution >= 4 is 11.6 Å². The summed E-state index contributed by atoms with van der Waals surface area (Å²) in [6, 6.07) is 11.2. The minimum absolute atomic E-state index is 0.0598. The lowest BCUT2D eigenvalue weighted by Gasteiger charge is -2.13. The summed E-state index contributed by atoms with van der Waals surface area (Å²) in [5.41, 5.74) is 7.90. The Balaban J connectivity index is 2.30. The maximum absolute atomic E-state index is 6.23. The Morgan fingerprint density at radius 3 is 2.35 bits per heavy atom. The Kier molecular flexibility index (Phi) is 4.53. The van der Waals surface area contributed by atoms with Gasteiger partial charge in [-0.05, 0) is 49.2 Å². The second-order valence-electron chi connectivity index (χ2n) is 4.73. The Morgan fingerprint density at radius 2 is 1.75 bits per heavy atom. The van der Waals surface area contributed by atoms with E-state index >= 15 is 0 Å². The van der Waals surface area contributed by atoms with Crippen molar-refractivity contribution in [2.45, 2.75) is 19.9 Å². The molecule has 0 spiro atoms. The van der Waals surface area contributed by atoms with Crippen LogP contribution in [0.5, 0.6) is 17.2 Å². The van der Waals surface area contributed by atoms with Crippen molar-refractivity contribution < 1.29 is 9.47 Å². The summed E-state index contributed by atoms with van der Waals surface area (Å²) in [6.07, 6.45) is 0. The van der Waals surface area contributed by atoms with E-state index in [0.717, 1.165) is 11.1 Å². The lowest BCUT2D eigenvalue weighted by Crippen LogP contribution is -2.04. The highest BCUT2D eigenvalue weighted by molar-refractivity contribution is 6.32. The number of rotatable bonds is 4. The molecule has 0 aliphatic rings. The van der Waals surface area contributed by atoms with Crippen LogP contribution in [-0.2, 0) is 0 Å². The third kappa shape index (κ3) is 3.24. The fraction of sp³-hybridized carbons (Fsp3) is 0.250. The molecule has 0 bridgehead atoms. The lowest BCUT2D eigenvalue weighted by molar-refractivity contribution is 0.378. The minimum atomic E-state index is -0.0598. The lowest BCUT2D eigenvalue weighted by atomic mass is 10.1. The van der Waals surface area contributed by atoms with Crippen LogP contribution in [0, 0.1) is 6.92 Å². The van der Waals surface area contributed by atoms with Crippen molar-refractivity contribution in [3.05, 3.63) is 52.5 Å². The van der Waals surface area contributed by atoms with Crippen LogP contribution in [0.3, 0.4) is 0 Å². The van der Waals surface area contributed by atoms with Crippen LogP contribution in [0.2, 0.25) is 5.02 Å². The Labute approximate surface area is 124 Å². The summed E-state index contributed by atoms with van der Waals surface area (Å²) >= 11 is 6.23. The standard InChI is InChI=1S/C16H18ClNO2/c1-10-4-6-15(16(8-10)19-3)20-14-7-5-12(11(2)18)9-13(14)17/h4-9,11H,18H2,1-3H3. The summed E-state index contributed by atoms with van der Waals surface area (Å²) < 4.78 is 11.1. The summed E-state index contributed by atoms with van der Waals surface area (Å²) in [5.74, 6) is 1.89. The zero-order valence-corrected chi connectivity index (χ0v) is 12.6.